The number of fused-ring (bicyclic) bond motifs is 2. The van der Waals surface area contributed by atoms with Crippen LogP contribution in [0.15, 0.2) is 85.3 Å². The molecule has 1 unspecified atom stereocenters. The number of benzene rings is 2. The molecule has 5 rings (SSSR count). The average molecular weight is 471 g/mol. The van der Waals surface area contributed by atoms with E-state index in [2.05, 4.69) is 20.6 Å². The van der Waals surface area contributed by atoms with Gasteiger partial charge in [0.2, 0.25) is 0 Å². The van der Waals surface area contributed by atoms with Crippen LogP contribution in [0.3, 0.4) is 0 Å². The second kappa shape index (κ2) is 9.33. The number of amides is 1. The molecule has 34 heavy (non-hydrogen) atoms. The number of nitrogens with one attached hydrogen (secondary N) is 2. The minimum Gasteiger partial charge on any atom is -0.455 e. The molecule has 1 atom stereocenters. The third-order valence-electron chi connectivity index (χ3n) is 5.44. The zero-order chi connectivity index (χ0) is 23.5. The molecule has 8 heteroatoms. The highest BCUT2D eigenvalue weighted by atomic mass is 35.5. The van der Waals surface area contributed by atoms with Gasteiger partial charge in [-0.15, -0.1) is 0 Å². The summed E-state index contributed by atoms with van der Waals surface area (Å²) in [5.41, 5.74) is 2.35. The van der Waals surface area contributed by atoms with E-state index in [1.807, 2.05) is 30.3 Å². The fourth-order valence-corrected chi connectivity index (χ4v) is 3.96. The minimum absolute atomic E-state index is 0.193. The monoisotopic (exact) mass is 470 g/mol. The number of aromatic nitrogens is 2. The van der Waals surface area contributed by atoms with Gasteiger partial charge in [-0.3, -0.25) is 19.6 Å². The molecule has 0 bridgehead atoms. The molecule has 1 aliphatic heterocycles. The first-order valence-electron chi connectivity index (χ1n) is 10.6. The number of anilines is 1. The Morgan fingerprint density at radius 3 is 2.68 bits per heavy atom. The van der Waals surface area contributed by atoms with E-state index in [1.54, 1.807) is 36.5 Å². The fourth-order valence-electron chi connectivity index (χ4n) is 3.79. The fraction of sp³-hybridized carbons (Fsp3) is 0.0769. The van der Waals surface area contributed by atoms with Crippen LogP contribution >= 0.6 is 11.6 Å². The number of rotatable bonds is 5. The van der Waals surface area contributed by atoms with Gasteiger partial charge in [0.25, 0.3) is 5.91 Å². The normalized spacial score (nSPS) is 14.0. The topological polar surface area (TPSA) is 93.2 Å². The van der Waals surface area contributed by atoms with Gasteiger partial charge in [-0.2, -0.15) is 0 Å². The van der Waals surface area contributed by atoms with Crippen LogP contribution in [0.25, 0.3) is 0 Å². The van der Waals surface area contributed by atoms with Gasteiger partial charge in [-0.25, -0.2) is 0 Å². The van der Waals surface area contributed by atoms with Crippen molar-refractivity contribution < 1.29 is 14.3 Å². The summed E-state index contributed by atoms with van der Waals surface area (Å²) < 4.78 is 6.06. The molecule has 4 aromatic rings. The maximum Gasteiger partial charge on any atom is 0.252 e. The van der Waals surface area contributed by atoms with Gasteiger partial charge in [0.15, 0.2) is 11.5 Å². The molecule has 2 aromatic heterocycles. The number of hydrogen-bond acceptors (Lipinski definition) is 6. The van der Waals surface area contributed by atoms with Crippen LogP contribution in [-0.2, 0) is 6.54 Å². The Kier molecular flexibility index (Phi) is 5.93. The maximum atomic E-state index is 13.8. The third kappa shape index (κ3) is 4.33. The van der Waals surface area contributed by atoms with Crippen molar-refractivity contribution in [1.82, 2.24) is 15.3 Å². The number of nitrogens with zero attached hydrogens (tertiary/aromatic N) is 2. The highest BCUT2D eigenvalue weighted by molar-refractivity contribution is 6.31. The lowest BCUT2D eigenvalue weighted by molar-refractivity contribution is 0.0924. The van der Waals surface area contributed by atoms with Crippen LogP contribution in [0, 0.1) is 0 Å². The van der Waals surface area contributed by atoms with Gasteiger partial charge < -0.3 is 15.4 Å². The van der Waals surface area contributed by atoms with E-state index in [9.17, 15) is 9.59 Å². The van der Waals surface area contributed by atoms with Crippen molar-refractivity contribution in [2.24, 2.45) is 0 Å². The van der Waals surface area contributed by atoms with E-state index < -0.39 is 11.9 Å². The lowest BCUT2D eigenvalue weighted by atomic mass is 9.94. The maximum absolute atomic E-state index is 13.8. The summed E-state index contributed by atoms with van der Waals surface area (Å²) in [6.45, 7) is 0.236. The van der Waals surface area contributed by atoms with E-state index in [-0.39, 0.29) is 23.5 Å². The molecule has 7 nitrogen and oxygen atoms in total. The van der Waals surface area contributed by atoms with E-state index in [0.29, 0.717) is 33.5 Å². The molecule has 1 amide bonds. The van der Waals surface area contributed by atoms with Crippen molar-refractivity contribution in [2.45, 2.75) is 12.6 Å². The Balaban J connectivity index is 1.49. The van der Waals surface area contributed by atoms with Crippen molar-refractivity contribution in [1.29, 1.82) is 0 Å². The smallest absolute Gasteiger partial charge is 0.252 e. The zero-order valence-corrected chi connectivity index (χ0v) is 18.6. The molecule has 0 fully saturated rings. The van der Waals surface area contributed by atoms with Crippen molar-refractivity contribution in [3.63, 3.8) is 0 Å². The molecular weight excluding hydrogens is 452 g/mol. The van der Waals surface area contributed by atoms with Gasteiger partial charge in [-0.05, 0) is 42.5 Å². The van der Waals surface area contributed by atoms with Crippen molar-refractivity contribution >= 4 is 29.0 Å². The molecule has 168 valence electrons. The standard InChI is InChI=1S/C26H19ClN4O3/c27-16-8-9-23-21(13-16)31-24(19-6-1-2-7-22(19)34-23)25(32)20-15-28-12-10-18(20)26(33)30-14-17-5-3-4-11-29-17/h1-13,15,24,31H,14H2,(H,30,33). The average Bonchev–Trinajstić information content (AvgIpc) is 3.04. The molecule has 0 aliphatic carbocycles. The molecular formula is C26H19ClN4O3. The SMILES string of the molecule is O=C(NCc1ccccn1)c1ccncc1C(=O)C1Nc2cc(Cl)ccc2Oc2ccccc21. The predicted molar refractivity (Wildman–Crippen MR) is 128 cm³/mol. The molecule has 1 aliphatic rings. The van der Waals surface area contributed by atoms with Crippen LogP contribution < -0.4 is 15.4 Å². The first-order chi connectivity index (χ1) is 16.6. The third-order valence-corrected chi connectivity index (χ3v) is 5.68. The summed E-state index contributed by atoms with van der Waals surface area (Å²) in [7, 11) is 0. The van der Waals surface area contributed by atoms with E-state index in [1.165, 1.54) is 18.5 Å². The highest BCUT2D eigenvalue weighted by Gasteiger charge is 2.31. The molecule has 0 saturated heterocycles. The minimum atomic E-state index is -0.817. The van der Waals surface area contributed by atoms with Crippen LogP contribution in [0.5, 0.6) is 11.5 Å². The quantitative estimate of drug-likeness (QED) is 0.389. The van der Waals surface area contributed by atoms with Crippen molar-refractivity contribution in [3.05, 3.63) is 113 Å². The van der Waals surface area contributed by atoms with Crippen LogP contribution in [0.1, 0.15) is 38.0 Å². The number of Topliss-reactive ketones (excluding diaryl/α,β-unsaturated/α-hetero) is 1. The number of ether oxygens (including phenoxy) is 1. The Morgan fingerprint density at radius 2 is 1.82 bits per heavy atom. The first-order valence-corrected chi connectivity index (χ1v) is 11.0. The van der Waals surface area contributed by atoms with Crippen LogP contribution in [0.2, 0.25) is 5.02 Å². The van der Waals surface area contributed by atoms with E-state index >= 15 is 0 Å². The summed E-state index contributed by atoms with van der Waals surface area (Å²) in [4.78, 5) is 35.1. The van der Waals surface area contributed by atoms with Gasteiger partial charge in [-0.1, -0.05) is 35.9 Å². The number of para-hydroxylation sites is 1. The Morgan fingerprint density at radius 1 is 0.971 bits per heavy atom. The summed E-state index contributed by atoms with van der Waals surface area (Å²) in [6, 6.07) is 18.6. The molecule has 0 spiro atoms. The lowest BCUT2D eigenvalue weighted by Crippen LogP contribution is -2.28. The van der Waals surface area contributed by atoms with Crippen LogP contribution in [-0.4, -0.2) is 21.7 Å². The van der Waals surface area contributed by atoms with Gasteiger partial charge >= 0.3 is 0 Å². The van der Waals surface area contributed by atoms with Crippen molar-refractivity contribution in [2.75, 3.05) is 5.32 Å². The number of hydrogen-bond donors (Lipinski definition) is 2. The Hall–Kier alpha value is -4.23. The largest absolute Gasteiger partial charge is 0.455 e. The van der Waals surface area contributed by atoms with Gasteiger partial charge in [0, 0.05) is 29.2 Å². The summed E-state index contributed by atoms with van der Waals surface area (Å²) in [5, 5.41) is 6.58. The van der Waals surface area contributed by atoms with Gasteiger partial charge in [0.05, 0.1) is 29.1 Å². The van der Waals surface area contributed by atoms with Crippen LogP contribution in [0.4, 0.5) is 5.69 Å². The zero-order valence-electron chi connectivity index (χ0n) is 17.9. The first kappa shape index (κ1) is 21.6. The molecule has 0 radical (unpaired) electrons. The summed E-state index contributed by atoms with van der Waals surface area (Å²) >= 11 is 6.19. The number of pyridine rings is 2. The second-order valence-electron chi connectivity index (χ2n) is 7.65. The molecule has 2 aromatic carbocycles. The number of halogens is 1. The van der Waals surface area contributed by atoms with Crippen molar-refractivity contribution in [3.8, 4) is 11.5 Å². The number of ketones is 1. The number of carbonyl (C=O) groups excluding carboxylic acids is 2. The number of carbonyl (C=O) groups is 2. The molecule has 2 N–H and O–H groups in total. The van der Waals surface area contributed by atoms with E-state index in [0.717, 1.165) is 0 Å². The molecule has 0 saturated carbocycles. The highest BCUT2D eigenvalue weighted by Crippen LogP contribution is 2.42. The van der Waals surface area contributed by atoms with Gasteiger partial charge in [0.1, 0.15) is 11.8 Å². The predicted octanol–water partition coefficient (Wildman–Crippen LogP) is 5.20. The second-order valence-corrected chi connectivity index (χ2v) is 8.08. The summed E-state index contributed by atoms with van der Waals surface area (Å²) in [6.07, 6.45) is 4.55. The Bertz CT molecular complexity index is 1380. The van der Waals surface area contributed by atoms with E-state index in [4.69, 9.17) is 16.3 Å². The lowest BCUT2D eigenvalue weighted by Gasteiger charge is -2.19. The Labute approximate surface area is 200 Å². The molecule has 3 heterocycles. The summed E-state index contributed by atoms with van der Waals surface area (Å²) in [5.74, 6) is 0.379.